The maximum atomic E-state index is 12.1. The number of aliphatic carboxylic acids is 1. The number of esters is 1. The Labute approximate surface area is 128 Å². The van der Waals surface area contributed by atoms with Crippen molar-refractivity contribution in [1.82, 2.24) is 10.4 Å². The lowest BCUT2D eigenvalue weighted by Gasteiger charge is -2.30. The number of hydrogen-bond donors (Lipinski definition) is 2. The number of nitrogens with one attached hydrogen (secondary N) is 1. The molecule has 2 amide bonds. The van der Waals surface area contributed by atoms with Crippen molar-refractivity contribution < 1.29 is 33.9 Å². The van der Waals surface area contributed by atoms with E-state index in [4.69, 9.17) is 32.8 Å². The van der Waals surface area contributed by atoms with Crippen molar-refractivity contribution in [2.75, 3.05) is 6.61 Å². The standard InChI is InChI=1S/C10H10Cl2N2O7/c11-6(12)7(16)13-4-3-20-14(8(4)17)10(9(18)19)2-1-5(15)21-10/h4,6H,1-3H2,(H,13,16)(H,18,19). The third-order valence-corrected chi connectivity index (χ3v) is 3.39. The molecule has 0 saturated carbocycles. The fourth-order valence-corrected chi connectivity index (χ4v) is 2.11. The van der Waals surface area contributed by atoms with Gasteiger partial charge in [0.25, 0.3) is 11.8 Å². The summed E-state index contributed by atoms with van der Waals surface area (Å²) in [6.45, 7) is -0.322. The Morgan fingerprint density at radius 3 is 2.57 bits per heavy atom. The number of alkyl halides is 2. The smallest absolute Gasteiger partial charge is 0.372 e. The van der Waals surface area contributed by atoms with Crippen LogP contribution in [0.5, 0.6) is 0 Å². The Hall–Kier alpha value is -1.58. The largest absolute Gasteiger partial charge is 0.477 e. The van der Waals surface area contributed by atoms with Gasteiger partial charge >= 0.3 is 17.7 Å². The molecule has 2 fully saturated rings. The Morgan fingerprint density at radius 2 is 2.10 bits per heavy atom. The molecule has 116 valence electrons. The zero-order chi connectivity index (χ0) is 15.8. The molecule has 2 heterocycles. The molecule has 2 N–H and O–H groups in total. The summed E-state index contributed by atoms with van der Waals surface area (Å²) in [6, 6.07) is -1.16. The van der Waals surface area contributed by atoms with Gasteiger partial charge in [0, 0.05) is 6.42 Å². The number of ether oxygens (including phenoxy) is 1. The number of carboxylic acid groups (broad SMARTS) is 1. The SMILES string of the molecule is O=C1CCC(C(=O)O)(N2OCC(NC(=O)C(Cl)Cl)C2=O)O1. The first-order valence-electron chi connectivity index (χ1n) is 5.78. The van der Waals surface area contributed by atoms with Crippen LogP contribution in [0.4, 0.5) is 0 Å². The summed E-state index contributed by atoms with van der Waals surface area (Å²) in [4.78, 5) is 49.6. The van der Waals surface area contributed by atoms with Crippen LogP contribution in [0.25, 0.3) is 0 Å². The highest BCUT2D eigenvalue weighted by Gasteiger charge is 2.59. The van der Waals surface area contributed by atoms with Gasteiger partial charge in [0.05, 0.1) is 6.42 Å². The minimum atomic E-state index is -2.21. The molecule has 2 aliphatic rings. The van der Waals surface area contributed by atoms with E-state index in [0.29, 0.717) is 5.06 Å². The maximum absolute atomic E-state index is 12.1. The summed E-state index contributed by atoms with van der Waals surface area (Å²) in [7, 11) is 0. The van der Waals surface area contributed by atoms with E-state index in [0.717, 1.165) is 0 Å². The molecular formula is C10H10Cl2N2O7. The summed E-state index contributed by atoms with van der Waals surface area (Å²) in [5.41, 5.74) is -2.21. The topological polar surface area (TPSA) is 122 Å². The van der Waals surface area contributed by atoms with E-state index in [2.05, 4.69) is 5.32 Å². The average Bonchev–Trinajstić information content (AvgIpc) is 2.95. The van der Waals surface area contributed by atoms with Crippen LogP contribution in [0.1, 0.15) is 12.8 Å². The molecule has 0 aromatic carbocycles. The van der Waals surface area contributed by atoms with Crippen molar-refractivity contribution >= 4 is 47.0 Å². The second-order valence-corrected chi connectivity index (χ2v) is 5.45. The first kappa shape index (κ1) is 15.8. The Balaban J connectivity index is 2.15. The summed E-state index contributed by atoms with van der Waals surface area (Å²) in [5, 5.41) is 11.9. The zero-order valence-electron chi connectivity index (χ0n) is 10.4. The first-order chi connectivity index (χ1) is 9.78. The number of rotatable bonds is 4. The third kappa shape index (κ3) is 2.76. The van der Waals surface area contributed by atoms with Gasteiger partial charge in [0.1, 0.15) is 12.6 Å². The molecule has 0 aromatic heterocycles. The molecule has 0 spiro atoms. The summed E-state index contributed by atoms with van der Waals surface area (Å²) >= 11 is 10.7. The number of halogens is 2. The molecule has 2 unspecified atom stereocenters. The summed E-state index contributed by atoms with van der Waals surface area (Å²) in [6.07, 6.45) is -0.414. The van der Waals surface area contributed by atoms with E-state index in [1.807, 2.05) is 0 Å². The Morgan fingerprint density at radius 1 is 1.43 bits per heavy atom. The van der Waals surface area contributed by atoms with Crippen LogP contribution in [0.2, 0.25) is 0 Å². The molecule has 2 rings (SSSR count). The van der Waals surface area contributed by atoms with Gasteiger partial charge in [0.15, 0.2) is 4.84 Å². The molecule has 0 radical (unpaired) electrons. The number of hydrogen-bond acceptors (Lipinski definition) is 6. The van der Waals surface area contributed by atoms with Crippen LogP contribution >= 0.6 is 23.2 Å². The van der Waals surface area contributed by atoms with Crippen LogP contribution < -0.4 is 5.32 Å². The lowest BCUT2D eigenvalue weighted by Crippen LogP contribution is -2.56. The second-order valence-electron chi connectivity index (χ2n) is 4.35. The van der Waals surface area contributed by atoms with E-state index in [1.54, 1.807) is 0 Å². The summed E-state index contributed by atoms with van der Waals surface area (Å²) < 4.78 is 4.74. The van der Waals surface area contributed by atoms with E-state index < -0.39 is 40.4 Å². The maximum Gasteiger partial charge on any atom is 0.372 e. The number of hydroxylamine groups is 2. The molecule has 2 atom stereocenters. The fourth-order valence-electron chi connectivity index (χ4n) is 1.99. The van der Waals surface area contributed by atoms with E-state index >= 15 is 0 Å². The molecule has 21 heavy (non-hydrogen) atoms. The van der Waals surface area contributed by atoms with Gasteiger partial charge in [-0.1, -0.05) is 23.2 Å². The molecule has 9 nitrogen and oxygen atoms in total. The number of carbonyl (C=O) groups is 4. The third-order valence-electron chi connectivity index (χ3n) is 3.00. The van der Waals surface area contributed by atoms with Crippen molar-refractivity contribution in [2.45, 2.75) is 29.4 Å². The van der Waals surface area contributed by atoms with Gasteiger partial charge in [-0.2, -0.15) is 5.06 Å². The predicted octanol–water partition coefficient (Wildman–Crippen LogP) is -0.833. The molecule has 11 heteroatoms. The van der Waals surface area contributed by atoms with Gasteiger partial charge in [-0.15, -0.1) is 0 Å². The molecular weight excluding hydrogens is 331 g/mol. The number of carbonyl (C=O) groups excluding carboxylic acids is 3. The Bertz CT molecular complexity index is 512. The van der Waals surface area contributed by atoms with E-state index in [1.165, 1.54) is 0 Å². The van der Waals surface area contributed by atoms with Crippen molar-refractivity contribution in [3.8, 4) is 0 Å². The van der Waals surface area contributed by atoms with E-state index in [9.17, 15) is 24.3 Å². The minimum absolute atomic E-state index is 0.165. The highest BCUT2D eigenvalue weighted by Crippen LogP contribution is 2.34. The number of amides is 2. The normalized spacial score (nSPS) is 28.9. The lowest BCUT2D eigenvalue weighted by atomic mass is 10.1. The second kappa shape index (κ2) is 5.66. The first-order valence-corrected chi connectivity index (χ1v) is 6.66. The lowest BCUT2D eigenvalue weighted by molar-refractivity contribution is -0.256. The fraction of sp³-hybridized carbons (Fsp3) is 0.600. The van der Waals surface area contributed by atoms with Crippen molar-refractivity contribution in [1.29, 1.82) is 0 Å². The van der Waals surface area contributed by atoms with Gasteiger partial charge in [0.2, 0.25) is 0 Å². The highest BCUT2D eigenvalue weighted by atomic mass is 35.5. The molecule has 2 saturated heterocycles. The van der Waals surface area contributed by atoms with Gasteiger partial charge in [-0.3, -0.25) is 19.2 Å². The quantitative estimate of drug-likeness (QED) is 0.505. The minimum Gasteiger partial charge on any atom is -0.477 e. The van der Waals surface area contributed by atoms with E-state index in [-0.39, 0.29) is 19.4 Å². The number of cyclic esters (lactones) is 1. The predicted molar refractivity (Wildman–Crippen MR) is 65.9 cm³/mol. The van der Waals surface area contributed by atoms with Crippen LogP contribution in [-0.4, -0.2) is 57.1 Å². The Kier molecular flexibility index (Phi) is 4.26. The van der Waals surface area contributed by atoms with Gasteiger partial charge in [-0.05, 0) is 0 Å². The zero-order valence-corrected chi connectivity index (χ0v) is 11.9. The van der Waals surface area contributed by atoms with Crippen molar-refractivity contribution in [2.24, 2.45) is 0 Å². The van der Waals surface area contributed by atoms with Crippen LogP contribution in [0.3, 0.4) is 0 Å². The van der Waals surface area contributed by atoms with Crippen LogP contribution in [-0.2, 0) is 28.8 Å². The van der Waals surface area contributed by atoms with Crippen LogP contribution in [0, 0.1) is 0 Å². The van der Waals surface area contributed by atoms with Crippen molar-refractivity contribution in [3.05, 3.63) is 0 Å². The van der Waals surface area contributed by atoms with Crippen LogP contribution in [0.15, 0.2) is 0 Å². The van der Waals surface area contributed by atoms with Gasteiger partial charge in [-0.25, -0.2) is 4.79 Å². The number of nitrogens with zero attached hydrogens (tertiary/aromatic N) is 1. The average molecular weight is 341 g/mol. The molecule has 0 aliphatic carbocycles. The monoisotopic (exact) mass is 340 g/mol. The number of carboxylic acids is 1. The van der Waals surface area contributed by atoms with Crippen molar-refractivity contribution in [3.63, 3.8) is 0 Å². The van der Waals surface area contributed by atoms with Gasteiger partial charge < -0.3 is 15.2 Å². The molecule has 0 aromatic rings. The summed E-state index contributed by atoms with van der Waals surface area (Å²) in [5.74, 6) is -3.99. The highest BCUT2D eigenvalue weighted by molar-refractivity contribution is 6.53. The molecule has 0 bridgehead atoms. The molecule has 2 aliphatic heterocycles.